The zero-order valence-corrected chi connectivity index (χ0v) is 17.1. The van der Waals surface area contributed by atoms with Crippen molar-refractivity contribution in [2.75, 3.05) is 26.1 Å². The lowest BCUT2D eigenvalue weighted by molar-refractivity contribution is -0.143. The number of anilines is 1. The van der Waals surface area contributed by atoms with E-state index in [1.165, 1.54) is 20.4 Å². The Labute approximate surface area is 178 Å². The van der Waals surface area contributed by atoms with Gasteiger partial charge in [-0.25, -0.2) is 10.2 Å². The van der Waals surface area contributed by atoms with Gasteiger partial charge >= 0.3 is 5.97 Å². The van der Waals surface area contributed by atoms with E-state index in [0.29, 0.717) is 27.8 Å². The minimum absolute atomic E-state index is 0.256. The first-order chi connectivity index (χ1) is 14.4. The second kappa shape index (κ2) is 11.4. The molecule has 0 spiro atoms. The summed E-state index contributed by atoms with van der Waals surface area (Å²) in [5.41, 5.74) is 3.40. The van der Waals surface area contributed by atoms with Crippen LogP contribution in [-0.4, -0.2) is 44.8 Å². The highest BCUT2D eigenvalue weighted by molar-refractivity contribution is 6.30. The quantitative estimate of drug-likeness (QED) is 0.271. The lowest BCUT2D eigenvalue weighted by atomic mass is 10.2. The smallest absolute Gasteiger partial charge is 0.343 e. The zero-order valence-electron chi connectivity index (χ0n) is 16.3. The van der Waals surface area contributed by atoms with Crippen LogP contribution >= 0.6 is 11.6 Å². The average Bonchev–Trinajstić information content (AvgIpc) is 2.73. The number of rotatable bonds is 9. The molecule has 0 aliphatic heterocycles. The Morgan fingerprint density at radius 3 is 2.43 bits per heavy atom. The van der Waals surface area contributed by atoms with E-state index in [2.05, 4.69) is 20.6 Å². The van der Waals surface area contributed by atoms with Crippen LogP contribution in [0.3, 0.4) is 0 Å². The van der Waals surface area contributed by atoms with E-state index < -0.39 is 24.2 Å². The number of nitrogens with one attached hydrogen (secondary N) is 2. The van der Waals surface area contributed by atoms with Crippen LogP contribution in [0.4, 0.5) is 5.69 Å². The van der Waals surface area contributed by atoms with Crippen LogP contribution in [-0.2, 0) is 19.1 Å². The van der Waals surface area contributed by atoms with Gasteiger partial charge in [-0.2, -0.15) is 5.10 Å². The molecule has 30 heavy (non-hydrogen) atoms. The highest BCUT2D eigenvalue weighted by atomic mass is 35.5. The number of carbonyl (C=O) groups is 3. The Morgan fingerprint density at radius 2 is 1.77 bits per heavy atom. The Balaban J connectivity index is 1.86. The zero-order chi connectivity index (χ0) is 21.9. The van der Waals surface area contributed by atoms with Gasteiger partial charge in [-0.3, -0.25) is 9.59 Å². The third-order valence-electron chi connectivity index (χ3n) is 3.61. The van der Waals surface area contributed by atoms with E-state index in [-0.39, 0.29) is 6.61 Å². The molecule has 2 aromatic carbocycles. The Kier molecular flexibility index (Phi) is 8.64. The molecule has 9 nitrogen and oxygen atoms in total. The number of esters is 1. The van der Waals surface area contributed by atoms with Gasteiger partial charge in [0.15, 0.2) is 18.1 Å². The molecule has 2 amide bonds. The highest BCUT2D eigenvalue weighted by Gasteiger charge is 2.10. The van der Waals surface area contributed by atoms with Gasteiger partial charge in [-0.15, -0.1) is 0 Å². The van der Waals surface area contributed by atoms with E-state index in [9.17, 15) is 14.4 Å². The molecule has 158 valence electrons. The van der Waals surface area contributed by atoms with Crippen LogP contribution in [0.5, 0.6) is 11.5 Å². The molecule has 0 fully saturated rings. The van der Waals surface area contributed by atoms with Crippen LogP contribution in [0.1, 0.15) is 12.0 Å². The van der Waals surface area contributed by atoms with Gasteiger partial charge in [0.05, 0.1) is 20.4 Å². The maximum Gasteiger partial charge on any atom is 0.343 e. The van der Waals surface area contributed by atoms with Crippen LogP contribution in [0, 0.1) is 0 Å². The number of carbonyl (C=O) groups excluding carboxylic acids is 3. The van der Waals surface area contributed by atoms with E-state index >= 15 is 0 Å². The van der Waals surface area contributed by atoms with Crippen molar-refractivity contribution < 1.29 is 28.6 Å². The summed E-state index contributed by atoms with van der Waals surface area (Å²) < 4.78 is 15.0. The van der Waals surface area contributed by atoms with Crippen molar-refractivity contribution >= 4 is 41.3 Å². The molecule has 0 atom stereocenters. The normalized spacial score (nSPS) is 10.4. The number of methoxy groups -OCH3 is 2. The van der Waals surface area contributed by atoms with Crippen molar-refractivity contribution in [3.63, 3.8) is 0 Å². The van der Waals surface area contributed by atoms with Crippen LogP contribution < -0.4 is 20.2 Å². The number of halogens is 1. The van der Waals surface area contributed by atoms with Crippen LogP contribution in [0.15, 0.2) is 47.6 Å². The van der Waals surface area contributed by atoms with Gasteiger partial charge in [0.2, 0.25) is 11.8 Å². The second-order valence-corrected chi connectivity index (χ2v) is 6.24. The first-order valence-electron chi connectivity index (χ1n) is 8.66. The van der Waals surface area contributed by atoms with Gasteiger partial charge in [-0.05, 0) is 48.0 Å². The molecule has 0 radical (unpaired) electrons. The molecule has 0 saturated heterocycles. The Hall–Kier alpha value is -3.59. The summed E-state index contributed by atoms with van der Waals surface area (Å²) in [5.74, 6) is -0.869. The van der Waals surface area contributed by atoms with Gasteiger partial charge < -0.3 is 19.5 Å². The van der Waals surface area contributed by atoms with Gasteiger partial charge in [0.1, 0.15) is 6.42 Å². The average molecular weight is 434 g/mol. The monoisotopic (exact) mass is 433 g/mol. The molecule has 2 rings (SSSR count). The van der Waals surface area contributed by atoms with Crippen molar-refractivity contribution in [3.05, 3.63) is 53.1 Å². The minimum Gasteiger partial charge on any atom is -0.493 e. The van der Waals surface area contributed by atoms with Crippen molar-refractivity contribution in [2.45, 2.75) is 6.42 Å². The maximum absolute atomic E-state index is 11.9. The molecule has 0 unspecified atom stereocenters. The SMILES string of the molecule is COC(=O)COc1ccc(C=NNC(=O)CC(=O)Nc2ccc(Cl)cc2)cc1OC. The molecule has 2 N–H and O–H groups in total. The lowest BCUT2D eigenvalue weighted by Gasteiger charge is -2.10. The van der Waals surface area contributed by atoms with Crippen molar-refractivity contribution in [1.29, 1.82) is 0 Å². The maximum atomic E-state index is 11.9. The molecule has 0 bridgehead atoms. The largest absolute Gasteiger partial charge is 0.493 e. The number of hydrogen-bond acceptors (Lipinski definition) is 7. The summed E-state index contributed by atoms with van der Waals surface area (Å²) in [6.07, 6.45) is 0.977. The summed E-state index contributed by atoms with van der Waals surface area (Å²) >= 11 is 5.78. The predicted molar refractivity (Wildman–Crippen MR) is 111 cm³/mol. The Morgan fingerprint density at radius 1 is 1.03 bits per heavy atom. The molecule has 10 heteroatoms. The lowest BCUT2D eigenvalue weighted by Crippen LogP contribution is -2.24. The van der Waals surface area contributed by atoms with Crippen molar-refractivity contribution in [2.24, 2.45) is 5.10 Å². The third kappa shape index (κ3) is 7.44. The van der Waals surface area contributed by atoms with Crippen molar-refractivity contribution in [3.8, 4) is 11.5 Å². The van der Waals surface area contributed by atoms with Gasteiger partial charge in [0.25, 0.3) is 0 Å². The number of benzene rings is 2. The molecular formula is C20H20ClN3O6. The summed E-state index contributed by atoms with van der Waals surface area (Å²) in [6.45, 7) is -0.256. The summed E-state index contributed by atoms with van der Waals surface area (Å²) in [4.78, 5) is 34.9. The van der Waals surface area contributed by atoms with Crippen LogP contribution in [0.2, 0.25) is 5.02 Å². The fourth-order valence-corrected chi connectivity index (χ4v) is 2.31. The standard InChI is InChI=1S/C20H20ClN3O6/c1-28-17-9-13(3-8-16(17)30-12-20(27)29-2)11-22-24-19(26)10-18(25)23-15-6-4-14(21)5-7-15/h3-9,11H,10,12H2,1-2H3,(H,23,25)(H,24,26). The number of hydrazone groups is 1. The first-order valence-corrected chi connectivity index (χ1v) is 9.04. The molecule has 0 aliphatic rings. The van der Waals surface area contributed by atoms with Crippen molar-refractivity contribution in [1.82, 2.24) is 5.43 Å². The van der Waals surface area contributed by atoms with E-state index in [0.717, 1.165) is 0 Å². The second-order valence-electron chi connectivity index (χ2n) is 5.80. The number of nitrogens with zero attached hydrogens (tertiary/aromatic N) is 1. The number of hydrogen-bond donors (Lipinski definition) is 2. The minimum atomic E-state index is -0.581. The van der Waals surface area contributed by atoms with Gasteiger partial charge in [-0.1, -0.05) is 11.6 Å². The number of amides is 2. The van der Waals surface area contributed by atoms with E-state index in [1.807, 2.05) is 0 Å². The fourth-order valence-electron chi connectivity index (χ4n) is 2.18. The molecular weight excluding hydrogens is 414 g/mol. The predicted octanol–water partition coefficient (Wildman–Crippen LogP) is 2.38. The molecule has 0 heterocycles. The van der Waals surface area contributed by atoms with E-state index in [4.69, 9.17) is 21.1 Å². The van der Waals surface area contributed by atoms with Gasteiger partial charge in [0, 0.05) is 10.7 Å². The third-order valence-corrected chi connectivity index (χ3v) is 3.86. The van der Waals surface area contributed by atoms with Crippen LogP contribution in [0.25, 0.3) is 0 Å². The summed E-state index contributed by atoms with van der Waals surface area (Å²) in [6, 6.07) is 11.4. The topological polar surface area (TPSA) is 115 Å². The number of ether oxygens (including phenoxy) is 3. The molecule has 0 aromatic heterocycles. The highest BCUT2D eigenvalue weighted by Crippen LogP contribution is 2.27. The Bertz CT molecular complexity index is 931. The first kappa shape index (κ1) is 22.7. The molecule has 0 saturated carbocycles. The summed E-state index contributed by atoms with van der Waals surface area (Å²) in [7, 11) is 2.71. The fraction of sp³-hybridized carbons (Fsp3) is 0.200. The molecule has 2 aromatic rings. The summed E-state index contributed by atoms with van der Waals surface area (Å²) in [5, 5.41) is 6.93. The molecule has 0 aliphatic carbocycles. The van der Waals surface area contributed by atoms with E-state index in [1.54, 1.807) is 42.5 Å².